The quantitative estimate of drug-likeness (QED) is 0.688. The van der Waals surface area contributed by atoms with Gasteiger partial charge in [-0.3, -0.25) is 0 Å². The molecule has 0 saturated carbocycles. The van der Waals surface area contributed by atoms with Crippen LogP contribution in [0.3, 0.4) is 0 Å². The normalized spacial score (nSPS) is 20.2. The smallest absolute Gasteiger partial charge is 0.0712 e. The number of halogens is 1. The second-order valence-corrected chi connectivity index (χ2v) is 6.33. The first-order valence-corrected chi connectivity index (χ1v) is 8.10. The minimum atomic E-state index is 0.129. The molecule has 1 heterocycles. The molecule has 0 bridgehead atoms. The average molecular weight is 280 g/mol. The van der Waals surface area contributed by atoms with Crippen LogP contribution in [-0.4, -0.2) is 24.5 Å². The van der Waals surface area contributed by atoms with E-state index in [4.69, 9.17) is 11.6 Å². The standard InChI is InChI=1S/C17H26ClN/c1-3-14(2)15-7-9-16(10-8-15)17(18)13-19-11-5-4-6-12-19/h7-10,14,17H,3-6,11-13H2,1-2H3. The fourth-order valence-corrected chi connectivity index (χ4v) is 3.08. The third kappa shape index (κ3) is 4.22. The van der Waals surface area contributed by atoms with Crippen molar-refractivity contribution >= 4 is 11.6 Å². The predicted molar refractivity (Wildman–Crippen MR) is 84.0 cm³/mol. The molecule has 1 aliphatic heterocycles. The summed E-state index contributed by atoms with van der Waals surface area (Å²) in [5, 5.41) is 0.129. The Balaban J connectivity index is 1.93. The summed E-state index contributed by atoms with van der Waals surface area (Å²) in [7, 11) is 0. The van der Waals surface area contributed by atoms with Crippen molar-refractivity contribution in [2.24, 2.45) is 0 Å². The van der Waals surface area contributed by atoms with Gasteiger partial charge in [0.1, 0.15) is 0 Å². The highest BCUT2D eigenvalue weighted by molar-refractivity contribution is 6.21. The SMILES string of the molecule is CCC(C)c1ccc(C(Cl)CN2CCCCC2)cc1. The number of alkyl halides is 1. The Morgan fingerprint density at radius 1 is 1.05 bits per heavy atom. The molecule has 2 heteroatoms. The number of nitrogens with zero attached hydrogens (tertiary/aromatic N) is 1. The number of likely N-dealkylation sites (tertiary alicyclic amines) is 1. The monoisotopic (exact) mass is 279 g/mol. The lowest BCUT2D eigenvalue weighted by Gasteiger charge is -2.28. The van der Waals surface area contributed by atoms with E-state index in [1.165, 1.54) is 49.9 Å². The fraction of sp³-hybridized carbons (Fsp3) is 0.647. The van der Waals surface area contributed by atoms with Crippen LogP contribution in [0.5, 0.6) is 0 Å². The summed E-state index contributed by atoms with van der Waals surface area (Å²) in [6.07, 6.45) is 5.23. The lowest BCUT2D eigenvalue weighted by molar-refractivity contribution is 0.229. The summed E-state index contributed by atoms with van der Waals surface area (Å²) in [5.41, 5.74) is 2.69. The molecule has 0 radical (unpaired) electrons. The Labute approximate surface area is 123 Å². The van der Waals surface area contributed by atoms with Gasteiger partial charge in [0.15, 0.2) is 0 Å². The first kappa shape index (κ1) is 14.9. The van der Waals surface area contributed by atoms with Crippen LogP contribution < -0.4 is 0 Å². The molecular weight excluding hydrogens is 254 g/mol. The molecule has 106 valence electrons. The van der Waals surface area contributed by atoms with Crippen LogP contribution >= 0.6 is 11.6 Å². The molecule has 0 aliphatic carbocycles. The summed E-state index contributed by atoms with van der Waals surface area (Å²) in [6.45, 7) is 7.94. The molecule has 1 fully saturated rings. The van der Waals surface area contributed by atoms with Crippen molar-refractivity contribution in [3.05, 3.63) is 35.4 Å². The van der Waals surface area contributed by atoms with Crippen molar-refractivity contribution < 1.29 is 0 Å². The Morgan fingerprint density at radius 2 is 1.63 bits per heavy atom. The van der Waals surface area contributed by atoms with E-state index in [1.54, 1.807) is 0 Å². The molecule has 2 unspecified atom stereocenters. The maximum atomic E-state index is 6.56. The summed E-state index contributed by atoms with van der Waals surface area (Å²) in [4.78, 5) is 2.50. The zero-order valence-corrected chi connectivity index (χ0v) is 13.0. The second kappa shape index (κ2) is 7.31. The molecule has 2 rings (SSSR count). The molecule has 0 amide bonds. The van der Waals surface area contributed by atoms with E-state index in [-0.39, 0.29) is 5.38 Å². The molecule has 0 aromatic heterocycles. The minimum absolute atomic E-state index is 0.129. The molecule has 1 nitrogen and oxygen atoms in total. The summed E-state index contributed by atoms with van der Waals surface area (Å²) in [5.74, 6) is 0.643. The van der Waals surface area contributed by atoms with Gasteiger partial charge in [0.2, 0.25) is 0 Å². The number of benzene rings is 1. The molecule has 19 heavy (non-hydrogen) atoms. The zero-order valence-electron chi connectivity index (χ0n) is 12.2. The Hall–Kier alpha value is -0.530. The lowest BCUT2D eigenvalue weighted by Crippen LogP contribution is -2.32. The van der Waals surface area contributed by atoms with Gasteiger partial charge in [-0.15, -0.1) is 11.6 Å². The minimum Gasteiger partial charge on any atom is -0.302 e. The van der Waals surface area contributed by atoms with Crippen LogP contribution in [0.1, 0.15) is 62.0 Å². The van der Waals surface area contributed by atoms with Gasteiger partial charge in [-0.1, -0.05) is 44.5 Å². The van der Waals surface area contributed by atoms with Crippen LogP contribution in [0.4, 0.5) is 0 Å². The molecule has 1 aliphatic rings. The zero-order chi connectivity index (χ0) is 13.7. The molecule has 0 spiro atoms. The topological polar surface area (TPSA) is 3.24 Å². The van der Waals surface area contributed by atoms with Gasteiger partial charge in [0, 0.05) is 6.54 Å². The van der Waals surface area contributed by atoms with Crippen molar-refractivity contribution in [3.63, 3.8) is 0 Å². The van der Waals surface area contributed by atoms with Gasteiger partial charge in [0.25, 0.3) is 0 Å². The highest BCUT2D eigenvalue weighted by Gasteiger charge is 2.16. The van der Waals surface area contributed by atoms with Gasteiger partial charge >= 0.3 is 0 Å². The van der Waals surface area contributed by atoms with Gasteiger partial charge in [-0.05, 0) is 49.4 Å². The number of rotatable bonds is 5. The van der Waals surface area contributed by atoms with E-state index in [0.717, 1.165) is 6.54 Å². The largest absolute Gasteiger partial charge is 0.302 e. The Morgan fingerprint density at radius 3 is 2.21 bits per heavy atom. The molecule has 2 atom stereocenters. The third-order valence-electron chi connectivity index (χ3n) is 4.35. The maximum Gasteiger partial charge on any atom is 0.0712 e. The van der Waals surface area contributed by atoms with Crippen molar-refractivity contribution in [2.45, 2.75) is 50.8 Å². The summed E-state index contributed by atoms with van der Waals surface area (Å²) >= 11 is 6.56. The number of piperidine rings is 1. The van der Waals surface area contributed by atoms with Crippen LogP contribution in [0.15, 0.2) is 24.3 Å². The second-order valence-electron chi connectivity index (χ2n) is 5.80. The van der Waals surface area contributed by atoms with Crippen molar-refractivity contribution in [1.29, 1.82) is 0 Å². The van der Waals surface area contributed by atoms with Crippen LogP contribution in [0.25, 0.3) is 0 Å². The molecule has 0 N–H and O–H groups in total. The first-order valence-electron chi connectivity index (χ1n) is 7.67. The summed E-state index contributed by atoms with van der Waals surface area (Å²) < 4.78 is 0. The van der Waals surface area contributed by atoms with Crippen molar-refractivity contribution in [3.8, 4) is 0 Å². The number of hydrogen-bond acceptors (Lipinski definition) is 1. The van der Waals surface area contributed by atoms with Crippen LogP contribution in [0, 0.1) is 0 Å². The van der Waals surface area contributed by atoms with Crippen molar-refractivity contribution in [1.82, 2.24) is 4.90 Å². The maximum absolute atomic E-state index is 6.56. The van der Waals surface area contributed by atoms with E-state index in [0.29, 0.717) is 5.92 Å². The highest BCUT2D eigenvalue weighted by atomic mass is 35.5. The van der Waals surface area contributed by atoms with E-state index in [2.05, 4.69) is 43.0 Å². The molecular formula is C17H26ClN. The average Bonchev–Trinajstić information content (AvgIpc) is 2.47. The van der Waals surface area contributed by atoms with E-state index in [9.17, 15) is 0 Å². The van der Waals surface area contributed by atoms with Gasteiger partial charge in [-0.25, -0.2) is 0 Å². The van der Waals surface area contributed by atoms with Gasteiger partial charge in [-0.2, -0.15) is 0 Å². The summed E-state index contributed by atoms with van der Waals surface area (Å²) in [6, 6.07) is 8.91. The van der Waals surface area contributed by atoms with Crippen LogP contribution in [-0.2, 0) is 0 Å². The Kier molecular flexibility index (Phi) is 5.72. The first-order chi connectivity index (χ1) is 9.20. The van der Waals surface area contributed by atoms with Gasteiger partial charge < -0.3 is 4.90 Å². The number of hydrogen-bond donors (Lipinski definition) is 0. The van der Waals surface area contributed by atoms with Crippen molar-refractivity contribution in [2.75, 3.05) is 19.6 Å². The van der Waals surface area contributed by atoms with E-state index >= 15 is 0 Å². The van der Waals surface area contributed by atoms with Crippen LogP contribution in [0.2, 0.25) is 0 Å². The van der Waals surface area contributed by atoms with E-state index < -0.39 is 0 Å². The predicted octanol–water partition coefficient (Wildman–Crippen LogP) is 4.97. The molecule has 1 aromatic carbocycles. The third-order valence-corrected chi connectivity index (χ3v) is 4.74. The molecule has 1 aromatic rings. The lowest BCUT2D eigenvalue weighted by atomic mass is 9.97. The molecule has 1 saturated heterocycles. The van der Waals surface area contributed by atoms with E-state index in [1.807, 2.05) is 0 Å². The fourth-order valence-electron chi connectivity index (χ4n) is 2.74. The Bertz CT molecular complexity index is 367. The van der Waals surface area contributed by atoms with Gasteiger partial charge in [0.05, 0.1) is 5.38 Å². The highest BCUT2D eigenvalue weighted by Crippen LogP contribution is 2.26.